The first-order valence-electron chi connectivity index (χ1n) is 5.96. The predicted molar refractivity (Wildman–Crippen MR) is 68.5 cm³/mol. The van der Waals surface area contributed by atoms with Crippen LogP contribution in [0.2, 0.25) is 0 Å². The highest BCUT2D eigenvalue weighted by Crippen LogP contribution is 2.40. The maximum atomic E-state index is 12.5. The molecule has 0 saturated carbocycles. The van der Waals surface area contributed by atoms with Crippen molar-refractivity contribution in [3.63, 3.8) is 0 Å². The first-order chi connectivity index (χ1) is 8.51. The topological polar surface area (TPSA) is 83.0 Å². The number of hydrogen-bond donors (Lipinski definition) is 1. The number of rotatable bonds is 2. The van der Waals surface area contributed by atoms with Crippen LogP contribution in [0.3, 0.4) is 0 Å². The number of hydrogen-bond acceptors (Lipinski definition) is 4. The molecule has 1 aromatic heterocycles. The van der Waals surface area contributed by atoms with Gasteiger partial charge in [0.15, 0.2) is 0 Å². The molecule has 1 amide bonds. The van der Waals surface area contributed by atoms with Crippen molar-refractivity contribution < 1.29 is 4.79 Å². The highest BCUT2D eigenvalue weighted by Gasteiger charge is 2.49. The van der Waals surface area contributed by atoms with Gasteiger partial charge in [0, 0.05) is 24.5 Å². The van der Waals surface area contributed by atoms with Gasteiger partial charge in [0.25, 0.3) is 0 Å². The number of nitriles is 1. The van der Waals surface area contributed by atoms with E-state index in [9.17, 15) is 10.1 Å². The Morgan fingerprint density at radius 2 is 2.33 bits per heavy atom. The predicted octanol–water partition coefficient (Wildman–Crippen LogP) is 1.57. The monoisotopic (exact) mass is 244 g/mol. The molecule has 5 heteroatoms. The third-order valence-electron chi connectivity index (χ3n) is 3.62. The maximum absolute atomic E-state index is 12.5. The van der Waals surface area contributed by atoms with Crippen molar-refractivity contribution in [3.05, 3.63) is 18.3 Å². The Kier molecular flexibility index (Phi) is 2.95. The van der Waals surface area contributed by atoms with Crippen LogP contribution in [0.15, 0.2) is 18.3 Å². The van der Waals surface area contributed by atoms with E-state index in [2.05, 4.69) is 11.1 Å². The van der Waals surface area contributed by atoms with E-state index >= 15 is 0 Å². The molecule has 94 valence electrons. The third kappa shape index (κ3) is 1.70. The van der Waals surface area contributed by atoms with Gasteiger partial charge in [-0.15, -0.1) is 0 Å². The molecule has 2 rings (SSSR count). The number of nitrogens with two attached hydrogens (primary N) is 1. The van der Waals surface area contributed by atoms with Gasteiger partial charge in [-0.3, -0.25) is 4.79 Å². The maximum Gasteiger partial charge on any atom is 0.247 e. The van der Waals surface area contributed by atoms with Crippen molar-refractivity contribution >= 4 is 17.4 Å². The summed E-state index contributed by atoms with van der Waals surface area (Å²) in [5.74, 6) is 0.240. The Hall–Kier alpha value is -2.09. The molecule has 0 bridgehead atoms. The molecule has 1 saturated heterocycles. The first-order valence-corrected chi connectivity index (χ1v) is 5.96. The Morgan fingerprint density at radius 1 is 1.61 bits per heavy atom. The molecule has 0 radical (unpaired) electrons. The van der Waals surface area contributed by atoms with E-state index in [1.54, 1.807) is 23.2 Å². The zero-order chi connectivity index (χ0) is 13.3. The summed E-state index contributed by atoms with van der Waals surface area (Å²) in [6.07, 6.45) is 2.13. The van der Waals surface area contributed by atoms with Crippen molar-refractivity contribution in [2.24, 2.45) is 11.3 Å². The fourth-order valence-corrected chi connectivity index (χ4v) is 2.36. The SMILES string of the molecule is CC(C)[C@@]1(C#N)CCN(c2ccnc(N)c2)C1=O. The van der Waals surface area contributed by atoms with Crippen LogP contribution in [0.5, 0.6) is 0 Å². The van der Waals surface area contributed by atoms with E-state index in [0.29, 0.717) is 24.5 Å². The molecule has 1 atom stereocenters. The molecule has 1 aliphatic rings. The highest BCUT2D eigenvalue weighted by molar-refractivity contribution is 6.02. The summed E-state index contributed by atoms with van der Waals surface area (Å²) in [6.45, 7) is 4.37. The van der Waals surface area contributed by atoms with E-state index in [4.69, 9.17) is 5.73 Å². The molecule has 0 aliphatic carbocycles. The van der Waals surface area contributed by atoms with Crippen molar-refractivity contribution in [3.8, 4) is 6.07 Å². The number of nitrogens with zero attached hydrogens (tertiary/aromatic N) is 3. The largest absolute Gasteiger partial charge is 0.384 e. The Bertz CT molecular complexity index is 520. The lowest BCUT2D eigenvalue weighted by molar-refractivity contribution is -0.124. The lowest BCUT2D eigenvalue weighted by Gasteiger charge is -2.24. The molecule has 2 N–H and O–H groups in total. The molecule has 2 heterocycles. The first kappa shape index (κ1) is 12.4. The van der Waals surface area contributed by atoms with Crippen molar-refractivity contribution in [2.75, 3.05) is 17.2 Å². The smallest absolute Gasteiger partial charge is 0.247 e. The number of aromatic nitrogens is 1. The summed E-state index contributed by atoms with van der Waals surface area (Å²) in [7, 11) is 0. The fourth-order valence-electron chi connectivity index (χ4n) is 2.36. The van der Waals surface area contributed by atoms with Crippen LogP contribution in [0, 0.1) is 22.7 Å². The minimum atomic E-state index is -0.905. The quantitative estimate of drug-likeness (QED) is 0.855. The van der Waals surface area contributed by atoms with E-state index in [0.717, 1.165) is 0 Å². The van der Waals surface area contributed by atoms with Crippen molar-refractivity contribution in [2.45, 2.75) is 20.3 Å². The minimum Gasteiger partial charge on any atom is -0.384 e. The Labute approximate surface area is 106 Å². The van der Waals surface area contributed by atoms with Gasteiger partial charge in [-0.1, -0.05) is 13.8 Å². The van der Waals surface area contributed by atoms with E-state index < -0.39 is 5.41 Å². The summed E-state index contributed by atoms with van der Waals surface area (Å²) in [4.78, 5) is 18.0. The molecule has 5 nitrogen and oxygen atoms in total. The molecule has 1 aromatic rings. The lowest BCUT2D eigenvalue weighted by Crippen LogP contribution is -2.37. The number of carbonyl (C=O) groups is 1. The van der Waals surface area contributed by atoms with Crippen molar-refractivity contribution in [1.82, 2.24) is 4.98 Å². The van der Waals surface area contributed by atoms with Gasteiger partial charge >= 0.3 is 0 Å². The average Bonchev–Trinajstić information content (AvgIpc) is 2.67. The van der Waals surface area contributed by atoms with E-state index in [1.165, 1.54) is 0 Å². The summed E-state index contributed by atoms with van der Waals surface area (Å²) in [5, 5.41) is 9.34. The second kappa shape index (κ2) is 4.30. The summed E-state index contributed by atoms with van der Waals surface area (Å²) >= 11 is 0. The number of pyridine rings is 1. The standard InChI is InChI=1S/C13H16N4O/c1-9(2)13(8-14)4-6-17(12(13)18)10-3-5-16-11(15)7-10/h3,5,7,9H,4,6H2,1-2H3,(H2,15,16)/t13-/m0/s1. The second-order valence-corrected chi connectivity index (χ2v) is 4.88. The molecule has 1 fully saturated rings. The molecule has 0 unspecified atom stereocenters. The summed E-state index contributed by atoms with van der Waals surface area (Å²) in [5.41, 5.74) is 5.43. The number of anilines is 2. The molecular formula is C13H16N4O. The Balaban J connectivity index is 2.36. The van der Waals surface area contributed by atoms with Gasteiger partial charge in [-0.25, -0.2) is 4.98 Å². The third-order valence-corrected chi connectivity index (χ3v) is 3.62. The van der Waals surface area contributed by atoms with Gasteiger partial charge in [0.2, 0.25) is 5.91 Å². The summed E-state index contributed by atoms with van der Waals surface area (Å²) < 4.78 is 0. The molecule has 18 heavy (non-hydrogen) atoms. The molecule has 0 spiro atoms. The zero-order valence-electron chi connectivity index (χ0n) is 10.6. The van der Waals surface area contributed by atoms with Gasteiger partial charge in [0.05, 0.1) is 6.07 Å². The van der Waals surface area contributed by atoms with Gasteiger partial charge in [-0.2, -0.15) is 5.26 Å². The minimum absolute atomic E-state index is 0.000755. The van der Waals surface area contributed by atoms with Gasteiger partial charge in [0.1, 0.15) is 11.2 Å². The van der Waals surface area contributed by atoms with Crippen LogP contribution < -0.4 is 10.6 Å². The molecular weight excluding hydrogens is 228 g/mol. The normalized spacial score (nSPS) is 23.4. The van der Waals surface area contributed by atoms with Gasteiger partial charge in [-0.05, 0) is 18.4 Å². The van der Waals surface area contributed by atoms with E-state index in [1.807, 2.05) is 13.8 Å². The van der Waals surface area contributed by atoms with Crippen molar-refractivity contribution in [1.29, 1.82) is 5.26 Å². The number of carbonyl (C=O) groups excluding carboxylic acids is 1. The average molecular weight is 244 g/mol. The fraction of sp³-hybridized carbons (Fsp3) is 0.462. The lowest BCUT2D eigenvalue weighted by atomic mass is 9.77. The molecule has 1 aliphatic heterocycles. The van der Waals surface area contributed by atoms with Crippen LogP contribution in [0.1, 0.15) is 20.3 Å². The molecule has 0 aromatic carbocycles. The van der Waals surface area contributed by atoms with Crippen LogP contribution in [0.25, 0.3) is 0 Å². The summed E-state index contributed by atoms with van der Waals surface area (Å²) in [6, 6.07) is 5.60. The van der Waals surface area contributed by atoms with Crippen LogP contribution in [0.4, 0.5) is 11.5 Å². The van der Waals surface area contributed by atoms with Crippen LogP contribution in [-0.4, -0.2) is 17.4 Å². The number of amides is 1. The zero-order valence-corrected chi connectivity index (χ0v) is 10.6. The second-order valence-electron chi connectivity index (χ2n) is 4.88. The van der Waals surface area contributed by atoms with Crippen LogP contribution >= 0.6 is 0 Å². The Morgan fingerprint density at radius 3 is 2.83 bits per heavy atom. The number of nitrogen functional groups attached to an aromatic ring is 1. The van der Waals surface area contributed by atoms with Crippen LogP contribution in [-0.2, 0) is 4.79 Å². The highest BCUT2D eigenvalue weighted by atomic mass is 16.2. The van der Waals surface area contributed by atoms with E-state index in [-0.39, 0.29) is 11.8 Å². The van der Waals surface area contributed by atoms with Gasteiger partial charge < -0.3 is 10.6 Å².